The van der Waals surface area contributed by atoms with Crippen molar-refractivity contribution in [2.24, 2.45) is 0 Å². The van der Waals surface area contributed by atoms with E-state index in [4.69, 9.17) is 9.47 Å². The Morgan fingerprint density at radius 1 is 1.11 bits per heavy atom. The van der Waals surface area contributed by atoms with Crippen molar-refractivity contribution in [3.8, 4) is 5.69 Å². The van der Waals surface area contributed by atoms with E-state index < -0.39 is 5.97 Å². The van der Waals surface area contributed by atoms with E-state index in [0.717, 1.165) is 11.3 Å². The van der Waals surface area contributed by atoms with E-state index in [-0.39, 0.29) is 13.0 Å². The summed E-state index contributed by atoms with van der Waals surface area (Å²) in [6.45, 7) is 2.25. The standard InChI is InChI=1S/C17H17N7O3/c1-10-4-6-11(7-5-10)23-16-15(12(21-23)8-14(25)27-3)19-20-17-18-13(9-26-2)22-24(16)17/h4-7H,8-9H2,1-3H3. The number of hydrogen-bond donors (Lipinski definition) is 0. The molecule has 0 atom stereocenters. The molecule has 3 heterocycles. The van der Waals surface area contributed by atoms with Crippen LogP contribution in [0.25, 0.3) is 22.6 Å². The summed E-state index contributed by atoms with van der Waals surface area (Å²) in [7, 11) is 2.90. The molecule has 0 aliphatic heterocycles. The van der Waals surface area contributed by atoms with E-state index in [1.807, 2.05) is 31.2 Å². The normalized spacial score (nSPS) is 11.4. The summed E-state index contributed by atoms with van der Waals surface area (Å²) in [6.07, 6.45) is -0.0221. The minimum absolute atomic E-state index is 0.0221. The molecule has 4 rings (SSSR count). The third kappa shape index (κ3) is 2.99. The highest BCUT2D eigenvalue weighted by atomic mass is 16.5. The van der Waals surface area contributed by atoms with Gasteiger partial charge in [-0.25, -0.2) is 4.68 Å². The monoisotopic (exact) mass is 367 g/mol. The van der Waals surface area contributed by atoms with Gasteiger partial charge in [-0.15, -0.1) is 15.3 Å². The average Bonchev–Trinajstić information content (AvgIpc) is 3.23. The average molecular weight is 367 g/mol. The molecule has 138 valence electrons. The van der Waals surface area contributed by atoms with Crippen molar-refractivity contribution in [3.63, 3.8) is 0 Å². The molecule has 0 radical (unpaired) electrons. The topological polar surface area (TPSA) is 109 Å². The van der Waals surface area contributed by atoms with Gasteiger partial charge in [-0.1, -0.05) is 17.7 Å². The van der Waals surface area contributed by atoms with Gasteiger partial charge in [0.1, 0.15) is 12.3 Å². The zero-order valence-electron chi connectivity index (χ0n) is 15.1. The summed E-state index contributed by atoms with van der Waals surface area (Å²) in [5.74, 6) is 0.393. The molecule has 0 fully saturated rings. The van der Waals surface area contributed by atoms with E-state index in [2.05, 4.69) is 25.4 Å². The second-order valence-corrected chi connectivity index (χ2v) is 5.99. The summed E-state index contributed by atoms with van der Waals surface area (Å²) >= 11 is 0. The van der Waals surface area contributed by atoms with Crippen LogP contribution in [0.15, 0.2) is 24.3 Å². The van der Waals surface area contributed by atoms with Crippen LogP contribution in [0.3, 0.4) is 0 Å². The molecule has 3 aromatic heterocycles. The molecule has 4 aromatic rings. The quantitative estimate of drug-likeness (QED) is 0.481. The number of aromatic nitrogens is 7. The molecule has 0 aliphatic carbocycles. The summed E-state index contributed by atoms with van der Waals surface area (Å²) in [6, 6.07) is 7.82. The van der Waals surface area contributed by atoms with Gasteiger partial charge < -0.3 is 9.47 Å². The first-order valence-corrected chi connectivity index (χ1v) is 8.23. The van der Waals surface area contributed by atoms with Crippen LogP contribution in [0, 0.1) is 6.92 Å². The van der Waals surface area contributed by atoms with E-state index in [9.17, 15) is 4.79 Å². The highest BCUT2D eigenvalue weighted by Crippen LogP contribution is 2.21. The fraction of sp³-hybridized carbons (Fsp3) is 0.294. The van der Waals surface area contributed by atoms with Crippen LogP contribution in [-0.4, -0.2) is 54.8 Å². The number of carbonyl (C=O) groups is 1. The van der Waals surface area contributed by atoms with Crippen molar-refractivity contribution >= 4 is 22.9 Å². The molecule has 0 bridgehead atoms. The van der Waals surface area contributed by atoms with Gasteiger partial charge in [0.25, 0.3) is 5.78 Å². The van der Waals surface area contributed by atoms with Crippen LogP contribution < -0.4 is 0 Å². The number of methoxy groups -OCH3 is 2. The van der Waals surface area contributed by atoms with Gasteiger partial charge in [0.15, 0.2) is 17.0 Å². The number of nitrogens with zero attached hydrogens (tertiary/aromatic N) is 7. The number of esters is 1. The number of rotatable bonds is 5. The van der Waals surface area contributed by atoms with Gasteiger partial charge in [-0.05, 0) is 19.1 Å². The molecular weight excluding hydrogens is 350 g/mol. The third-order valence-electron chi connectivity index (χ3n) is 4.07. The highest BCUT2D eigenvalue weighted by Gasteiger charge is 2.21. The third-order valence-corrected chi connectivity index (χ3v) is 4.07. The Balaban J connectivity index is 1.99. The first kappa shape index (κ1) is 17.0. The Morgan fingerprint density at radius 2 is 1.89 bits per heavy atom. The zero-order chi connectivity index (χ0) is 19.0. The van der Waals surface area contributed by atoms with Crippen LogP contribution >= 0.6 is 0 Å². The lowest BCUT2D eigenvalue weighted by molar-refractivity contribution is -0.139. The van der Waals surface area contributed by atoms with Crippen molar-refractivity contribution in [3.05, 3.63) is 41.3 Å². The lowest BCUT2D eigenvalue weighted by atomic mass is 10.2. The lowest BCUT2D eigenvalue weighted by Gasteiger charge is -2.04. The van der Waals surface area contributed by atoms with Crippen molar-refractivity contribution in [1.29, 1.82) is 0 Å². The molecular formula is C17H17N7O3. The summed E-state index contributed by atoms with van der Waals surface area (Å²) in [5.41, 5.74) is 3.41. The number of carbonyl (C=O) groups excluding carboxylic acids is 1. The largest absolute Gasteiger partial charge is 0.469 e. The summed E-state index contributed by atoms with van der Waals surface area (Å²) in [4.78, 5) is 16.1. The molecule has 0 aliphatic rings. The van der Waals surface area contributed by atoms with E-state index in [1.54, 1.807) is 16.3 Å². The first-order chi connectivity index (χ1) is 13.1. The predicted molar refractivity (Wildman–Crippen MR) is 94.4 cm³/mol. The molecule has 1 aromatic carbocycles. The van der Waals surface area contributed by atoms with Crippen molar-refractivity contribution < 1.29 is 14.3 Å². The Hall–Kier alpha value is -3.40. The fourth-order valence-electron chi connectivity index (χ4n) is 2.77. The molecule has 0 amide bonds. The summed E-state index contributed by atoms with van der Waals surface area (Å²) < 4.78 is 13.1. The Kier molecular flexibility index (Phi) is 4.24. The molecule has 27 heavy (non-hydrogen) atoms. The maximum Gasteiger partial charge on any atom is 0.311 e. The van der Waals surface area contributed by atoms with Crippen molar-refractivity contribution in [2.45, 2.75) is 20.0 Å². The Bertz CT molecular complexity index is 1130. The molecule has 0 saturated carbocycles. The Morgan fingerprint density at radius 3 is 2.59 bits per heavy atom. The first-order valence-electron chi connectivity index (χ1n) is 8.23. The Labute approximate surface area is 153 Å². The molecule has 0 spiro atoms. The lowest BCUT2D eigenvalue weighted by Crippen LogP contribution is -2.06. The highest BCUT2D eigenvalue weighted by molar-refractivity contribution is 5.82. The molecule has 10 nitrogen and oxygen atoms in total. The number of hydrogen-bond acceptors (Lipinski definition) is 8. The molecule has 0 N–H and O–H groups in total. The van der Waals surface area contributed by atoms with Gasteiger partial charge in [0.05, 0.1) is 19.2 Å². The van der Waals surface area contributed by atoms with Crippen molar-refractivity contribution in [2.75, 3.05) is 14.2 Å². The van der Waals surface area contributed by atoms with Crippen LogP contribution in [-0.2, 0) is 27.3 Å². The SMILES string of the molecule is COCc1nc2nnc3c(CC(=O)OC)nn(-c4ccc(C)cc4)c3n2n1. The van der Waals surface area contributed by atoms with Crippen LogP contribution in [0.2, 0.25) is 0 Å². The maximum atomic E-state index is 11.8. The number of ether oxygens (including phenoxy) is 2. The molecule has 10 heteroatoms. The smallest absolute Gasteiger partial charge is 0.311 e. The van der Waals surface area contributed by atoms with E-state index in [1.165, 1.54) is 7.11 Å². The van der Waals surface area contributed by atoms with Crippen molar-refractivity contribution in [1.82, 2.24) is 34.6 Å². The summed E-state index contributed by atoms with van der Waals surface area (Å²) in [5, 5.41) is 17.4. The number of benzene rings is 1. The van der Waals surface area contributed by atoms with Gasteiger partial charge in [0, 0.05) is 7.11 Å². The second-order valence-electron chi connectivity index (χ2n) is 5.99. The minimum Gasteiger partial charge on any atom is -0.469 e. The zero-order valence-corrected chi connectivity index (χ0v) is 15.1. The van der Waals surface area contributed by atoms with Crippen LogP contribution in [0.5, 0.6) is 0 Å². The number of aryl methyl sites for hydroxylation is 1. The maximum absolute atomic E-state index is 11.8. The predicted octanol–water partition coefficient (Wildman–Crippen LogP) is 1.03. The van der Waals surface area contributed by atoms with Gasteiger partial charge >= 0.3 is 5.97 Å². The van der Waals surface area contributed by atoms with Gasteiger partial charge in [0.2, 0.25) is 0 Å². The van der Waals surface area contributed by atoms with Crippen LogP contribution in [0.4, 0.5) is 0 Å². The van der Waals surface area contributed by atoms with E-state index >= 15 is 0 Å². The minimum atomic E-state index is -0.411. The fourth-order valence-corrected chi connectivity index (χ4v) is 2.77. The van der Waals surface area contributed by atoms with Gasteiger partial charge in [-0.3, -0.25) is 4.79 Å². The second kappa shape index (κ2) is 6.72. The molecule has 0 saturated heterocycles. The molecule has 0 unspecified atom stereocenters. The van der Waals surface area contributed by atoms with Gasteiger partial charge in [-0.2, -0.15) is 14.6 Å². The number of fused-ring (bicyclic) bond motifs is 3. The van der Waals surface area contributed by atoms with Crippen LogP contribution in [0.1, 0.15) is 17.1 Å². The van der Waals surface area contributed by atoms with E-state index in [0.29, 0.717) is 28.5 Å².